The van der Waals surface area contributed by atoms with Gasteiger partial charge in [0.15, 0.2) is 5.78 Å². The van der Waals surface area contributed by atoms with Crippen molar-refractivity contribution in [3.63, 3.8) is 0 Å². The first-order chi connectivity index (χ1) is 15.9. The SMILES string of the molecule is CC1(C)CC(=O)C2=C(C1)Nc1ccccc1N(CCc1ccccc1)[C@H]2c1cccc(Br)c1. The fraction of sp³-hybridized carbons (Fsp3) is 0.276. The monoisotopic (exact) mass is 500 g/mol. The number of ketones is 1. The Morgan fingerprint density at radius 3 is 2.52 bits per heavy atom. The summed E-state index contributed by atoms with van der Waals surface area (Å²) in [6.45, 7) is 5.19. The van der Waals surface area contributed by atoms with Crippen LogP contribution in [0, 0.1) is 5.41 Å². The number of hydrogen-bond acceptors (Lipinski definition) is 3. The van der Waals surface area contributed by atoms with Crippen molar-refractivity contribution < 1.29 is 4.79 Å². The van der Waals surface area contributed by atoms with Gasteiger partial charge in [0.2, 0.25) is 0 Å². The predicted molar refractivity (Wildman–Crippen MR) is 139 cm³/mol. The summed E-state index contributed by atoms with van der Waals surface area (Å²) < 4.78 is 1.03. The van der Waals surface area contributed by atoms with Gasteiger partial charge in [-0.05, 0) is 53.6 Å². The number of allylic oxidation sites excluding steroid dienone is 1. The highest BCUT2D eigenvalue weighted by molar-refractivity contribution is 9.10. The third-order valence-electron chi connectivity index (χ3n) is 6.65. The van der Waals surface area contributed by atoms with Crippen LogP contribution in [0.5, 0.6) is 0 Å². The first-order valence-corrected chi connectivity index (χ1v) is 12.4. The Labute approximate surface area is 204 Å². The smallest absolute Gasteiger partial charge is 0.163 e. The van der Waals surface area contributed by atoms with Gasteiger partial charge in [0.1, 0.15) is 0 Å². The molecule has 1 heterocycles. The van der Waals surface area contributed by atoms with E-state index >= 15 is 0 Å². The summed E-state index contributed by atoms with van der Waals surface area (Å²) >= 11 is 3.66. The van der Waals surface area contributed by atoms with Gasteiger partial charge in [0, 0.05) is 28.7 Å². The van der Waals surface area contributed by atoms with Gasteiger partial charge < -0.3 is 10.2 Å². The van der Waals surface area contributed by atoms with Gasteiger partial charge in [0.05, 0.1) is 17.4 Å². The molecule has 1 N–H and O–H groups in total. The van der Waals surface area contributed by atoms with Crippen molar-refractivity contribution >= 4 is 33.1 Å². The van der Waals surface area contributed by atoms with Crippen LogP contribution < -0.4 is 10.2 Å². The van der Waals surface area contributed by atoms with E-state index in [4.69, 9.17) is 0 Å². The highest BCUT2D eigenvalue weighted by atomic mass is 79.9. The molecule has 0 amide bonds. The number of Topliss-reactive ketones (excluding diaryl/α,β-unsaturated/α-hetero) is 1. The van der Waals surface area contributed by atoms with E-state index in [1.807, 2.05) is 6.07 Å². The van der Waals surface area contributed by atoms with E-state index in [1.54, 1.807) is 0 Å². The third kappa shape index (κ3) is 4.49. The van der Waals surface area contributed by atoms with Crippen LogP contribution >= 0.6 is 15.9 Å². The Hall–Kier alpha value is -2.85. The first kappa shape index (κ1) is 22.0. The molecule has 3 aromatic carbocycles. The maximum atomic E-state index is 13.7. The van der Waals surface area contributed by atoms with Crippen molar-refractivity contribution in [1.82, 2.24) is 0 Å². The summed E-state index contributed by atoms with van der Waals surface area (Å²) in [5.74, 6) is 0.247. The van der Waals surface area contributed by atoms with Gasteiger partial charge in [-0.15, -0.1) is 0 Å². The van der Waals surface area contributed by atoms with Gasteiger partial charge in [-0.3, -0.25) is 4.79 Å². The van der Waals surface area contributed by atoms with E-state index in [0.717, 1.165) is 52.1 Å². The molecule has 5 rings (SSSR count). The van der Waals surface area contributed by atoms with Crippen LogP contribution in [-0.4, -0.2) is 12.3 Å². The van der Waals surface area contributed by atoms with E-state index in [-0.39, 0.29) is 17.2 Å². The topological polar surface area (TPSA) is 32.3 Å². The van der Waals surface area contributed by atoms with Crippen LogP contribution in [-0.2, 0) is 11.2 Å². The molecule has 0 saturated heterocycles. The van der Waals surface area contributed by atoms with Crippen molar-refractivity contribution in [3.8, 4) is 0 Å². The molecule has 0 aromatic heterocycles. The van der Waals surface area contributed by atoms with E-state index < -0.39 is 0 Å². The molecular weight excluding hydrogens is 472 g/mol. The molecule has 4 heteroatoms. The molecule has 0 saturated carbocycles. The highest BCUT2D eigenvalue weighted by Crippen LogP contribution is 2.48. The molecule has 1 aliphatic carbocycles. The molecule has 0 radical (unpaired) electrons. The molecule has 33 heavy (non-hydrogen) atoms. The van der Waals surface area contributed by atoms with Crippen LogP contribution in [0.4, 0.5) is 11.4 Å². The summed E-state index contributed by atoms with van der Waals surface area (Å²) in [6, 6.07) is 27.3. The standard InChI is InChI=1S/C29H29BrN2O/c1-29(2)18-24-27(26(33)19-29)28(21-11-8-12-22(30)17-21)32(16-15-20-9-4-3-5-10-20)25-14-7-6-13-23(25)31-24/h3-14,17,28,31H,15-16,18-19H2,1-2H3/t28-/m0/s1. The number of halogens is 1. The third-order valence-corrected chi connectivity index (χ3v) is 7.15. The number of nitrogens with zero attached hydrogens (tertiary/aromatic N) is 1. The Kier molecular flexibility index (Phi) is 5.88. The molecule has 0 spiro atoms. The Bertz CT molecular complexity index is 1220. The average molecular weight is 501 g/mol. The molecule has 0 unspecified atom stereocenters. The minimum absolute atomic E-state index is 0.0567. The van der Waals surface area contributed by atoms with Gasteiger partial charge >= 0.3 is 0 Å². The fourth-order valence-electron chi connectivity index (χ4n) is 5.22. The number of carbonyl (C=O) groups excluding carboxylic acids is 1. The van der Waals surface area contributed by atoms with E-state index in [0.29, 0.717) is 6.42 Å². The number of carbonyl (C=O) groups is 1. The zero-order valence-corrected chi connectivity index (χ0v) is 20.7. The average Bonchev–Trinajstić information content (AvgIpc) is 2.92. The quantitative estimate of drug-likeness (QED) is 0.407. The summed E-state index contributed by atoms with van der Waals surface area (Å²) in [4.78, 5) is 16.1. The molecular formula is C29H29BrN2O. The number of rotatable bonds is 4. The maximum absolute atomic E-state index is 13.7. The zero-order chi connectivity index (χ0) is 23.0. The van der Waals surface area contributed by atoms with Crippen molar-refractivity contribution in [2.75, 3.05) is 16.8 Å². The largest absolute Gasteiger partial charge is 0.358 e. The summed E-state index contributed by atoms with van der Waals surface area (Å²) in [7, 11) is 0. The lowest BCUT2D eigenvalue weighted by atomic mass is 9.73. The van der Waals surface area contributed by atoms with Gasteiger partial charge in [-0.2, -0.15) is 0 Å². The van der Waals surface area contributed by atoms with Crippen molar-refractivity contribution in [1.29, 1.82) is 0 Å². The van der Waals surface area contributed by atoms with Crippen LogP contribution in [0.2, 0.25) is 0 Å². The Morgan fingerprint density at radius 1 is 0.970 bits per heavy atom. The second-order valence-electron chi connectivity index (χ2n) is 9.86. The van der Waals surface area contributed by atoms with Gasteiger partial charge in [-0.1, -0.05) is 84.4 Å². The zero-order valence-electron chi connectivity index (χ0n) is 19.1. The minimum atomic E-state index is -0.138. The van der Waals surface area contributed by atoms with Crippen LogP contribution in [0.3, 0.4) is 0 Å². The Morgan fingerprint density at radius 2 is 1.73 bits per heavy atom. The van der Waals surface area contributed by atoms with Gasteiger partial charge in [0.25, 0.3) is 0 Å². The maximum Gasteiger partial charge on any atom is 0.163 e. The molecule has 168 valence electrons. The lowest BCUT2D eigenvalue weighted by molar-refractivity contribution is -0.118. The molecule has 0 fully saturated rings. The summed E-state index contributed by atoms with van der Waals surface area (Å²) in [5.41, 5.74) is 6.56. The lowest BCUT2D eigenvalue weighted by Gasteiger charge is -2.38. The molecule has 1 aliphatic heterocycles. The molecule has 2 aliphatic rings. The normalized spacial score (nSPS) is 19.4. The number of para-hydroxylation sites is 2. The van der Waals surface area contributed by atoms with Crippen molar-refractivity contribution in [2.24, 2.45) is 5.41 Å². The fourth-order valence-corrected chi connectivity index (χ4v) is 5.63. The second kappa shape index (κ2) is 8.83. The van der Waals surface area contributed by atoms with E-state index in [1.165, 1.54) is 5.56 Å². The van der Waals surface area contributed by atoms with E-state index in [2.05, 4.69) is 113 Å². The van der Waals surface area contributed by atoms with Gasteiger partial charge in [-0.25, -0.2) is 0 Å². The second-order valence-corrected chi connectivity index (χ2v) is 10.8. The minimum Gasteiger partial charge on any atom is -0.358 e. The van der Waals surface area contributed by atoms with E-state index in [9.17, 15) is 4.79 Å². The van der Waals surface area contributed by atoms with Crippen LogP contribution in [0.1, 0.15) is 43.9 Å². The number of nitrogens with one attached hydrogen (secondary N) is 1. The molecule has 3 aromatic rings. The lowest BCUT2D eigenvalue weighted by Crippen LogP contribution is -2.37. The first-order valence-electron chi connectivity index (χ1n) is 11.6. The van der Waals surface area contributed by atoms with Crippen molar-refractivity contribution in [2.45, 2.75) is 39.2 Å². The summed E-state index contributed by atoms with van der Waals surface area (Å²) in [6.07, 6.45) is 2.34. The van der Waals surface area contributed by atoms with Crippen LogP contribution in [0.25, 0.3) is 0 Å². The number of hydrogen-bond donors (Lipinski definition) is 1. The number of fused-ring (bicyclic) bond motifs is 1. The molecule has 3 nitrogen and oxygen atoms in total. The number of anilines is 2. The summed E-state index contributed by atoms with van der Waals surface area (Å²) in [5, 5.41) is 3.70. The number of benzene rings is 3. The van der Waals surface area contributed by atoms with Crippen LogP contribution in [0.15, 0.2) is 94.6 Å². The highest BCUT2D eigenvalue weighted by Gasteiger charge is 2.41. The molecule has 0 bridgehead atoms. The molecule has 1 atom stereocenters. The van der Waals surface area contributed by atoms with Crippen molar-refractivity contribution in [3.05, 3.63) is 106 Å². The predicted octanol–water partition coefficient (Wildman–Crippen LogP) is 7.31. The Balaban J connectivity index is 1.68.